The molecule has 3 unspecified atom stereocenters. The SMILES string of the molecule is CCC1CC2C(=O)N(C(C)C(=O)O)C(=O)C2C1. The van der Waals surface area contributed by atoms with Crippen LogP contribution in [0.15, 0.2) is 0 Å². The summed E-state index contributed by atoms with van der Waals surface area (Å²) >= 11 is 0. The Labute approximate surface area is 99.8 Å². The van der Waals surface area contributed by atoms with Crippen LogP contribution in [0.1, 0.15) is 33.1 Å². The molecule has 0 aromatic rings. The molecule has 1 N–H and O–H groups in total. The van der Waals surface area contributed by atoms with Crippen LogP contribution in [0.25, 0.3) is 0 Å². The summed E-state index contributed by atoms with van der Waals surface area (Å²) in [5, 5.41) is 8.89. The molecule has 0 bridgehead atoms. The average Bonchev–Trinajstić information content (AvgIpc) is 2.80. The van der Waals surface area contributed by atoms with Gasteiger partial charge in [-0.15, -0.1) is 0 Å². The first-order chi connectivity index (χ1) is 7.97. The van der Waals surface area contributed by atoms with E-state index in [1.165, 1.54) is 6.92 Å². The van der Waals surface area contributed by atoms with Crippen LogP contribution in [-0.4, -0.2) is 33.8 Å². The Hall–Kier alpha value is -1.39. The molecule has 0 aromatic carbocycles. The number of hydrogen-bond acceptors (Lipinski definition) is 3. The lowest BCUT2D eigenvalue weighted by Crippen LogP contribution is -2.44. The Morgan fingerprint density at radius 1 is 1.35 bits per heavy atom. The van der Waals surface area contributed by atoms with Crippen molar-refractivity contribution in [2.75, 3.05) is 0 Å². The molecule has 5 nitrogen and oxygen atoms in total. The first-order valence-electron chi connectivity index (χ1n) is 6.07. The molecule has 5 heteroatoms. The van der Waals surface area contributed by atoms with Gasteiger partial charge in [-0.25, -0.2) is 4.79 Å². The lowest BCUT2D eigenvalue weighted by Gasteiger charge is -2.21. The number of imide groups is 1. The molecule has 1 saturated carbocycles. The van der Waals surface area contributed by atoms with E-state index >= 15 is 0 Å². The number of carboxylic acid groups (broad SMARTS) is 1. The van der Waals surface area contributed by atoms with Crippen LogP contribution in [0.4, 0.5) is 0 Å². The number of aliphatic carboxylic acids is 1. The summed E-state index contributed by atoms with van der Waals surface area (Å²) in [6.45, 7) is 3.44. The maximum atomic E-state index is 12.0. The van der Waals surface area contributed by atoms with E-state index in [2.05, 4.69) is 6.92 Å². The number of carboxylic acids is 1. The van der Waals surface area contributed by atoms with Crippen molar-refractivity contribution < 1.29 is 19.5 Å². The number of hydrogen-bond donors (Lipinski definition) is 1. The largest absolute Gasteiger partial charge is 0.480 e. The molecule has 2 aliphatic rings. The van der Waals surface area contributed by atoms with Crippen molar-refractivity contribution in [3.05, 3.63) is 0 Å². The molecule has 1 aliphatic heterocycles. The van der Waals surface area contributed by atoms with Gasteiger partial charge in [-0.1, -0.05) is 13.3 Å². The molecule has 2 amide bonds. The average molecular weight is 239 g/mol. The smallest absolute Gasteiger partial charge is 0.326 e. The fourth-order valence-corrected chi connectivity index (χ4v) is 2.98. The van der Waals surface area contributed by atoms with Crippen LogP contribution >= 0.6 is 0 Å². The number of carbonyl (C=O) groups is 3. The van der Waals surface area contributed by atoms with Gasteiger partial charge in [0.2, 0.25) is 11.8 Å². The maximum absolute atomic E-state index is 12.0. The topological polar surface area (TPSA) is 74.7 Å². The Bertz CT molecular complexity index is 355. The quantitative estimate of drug-likeness (QED) is 0.742. The first kappa shape index (κ1) is 12.1. The highest BCUT2D eigenvalue weighted by molar-refractivity contribution is 6.07. The summed E-state index contributed by atoms with van der Waals surface area (Å²) in [7, 11) is 0. The second kappa shape index (κ2) is 4.13. The van der Waals surface area contributed by atoms with E-state index in [4.69, 9.17) is 5.11 Å². The van der Waals surface area contributed by atoms with Crippen molar-refractivity contribution >= 4 is 17.8 Å². The van der Waals surface area contributed by atoms with Crippen LogP contribution < -0.4 is 0 Å². The molecule has 0 radical (unpaired) electrons. The first-order valence-corrected chi connectivity index (χ1v) is 6.07. The molecule has 94 valence electrons. The second-order valence-corrected chi connectivity index (χ2v) is 5.02. The molecule has 0 aromatic heterocycles. The van der Waals surface area contributed by atoms with Gasteiger partial charge in [-0.2, -0.15) is 0 Å². The third kappa shape index (κ3) is 1.73. The Morgan fingerprint density at radius 2 is 1.82 bits per heavy atom. The third-order valence-corrected chi connectivity index (χ3v) is 4.09. The lowest BCUT2D eigenvalue weighted by atomic mass is 10.00. The number of fused-ring (bicyclic) bond motifs is 1. The zero-order valence-electron chi connectivity index (χ0n) is 10.0. The molecule has 3 atom stereocenters. The van der Waals surface area contributed by atoms with E-state index in [0.717, 1.165) is 24.2 Å². The Kier molecular flexibility index (Phi) is 2.93. The van der Waals surface area contributed by atoms with Gasteiger partial charge in [0.1, 0.15) is 6.04 Å². The molecule has 1 heterocycles. The van der Waals surface area contributed by atoms with Crippen LogP contribution in [0.5, 0.6) is 0 Å². The predicted molar refractivity (Wildman–Crippen MR) is 58.9 cm³/mol. The molecule has 2 fully saturated rings. The standard InChI is InChI=1S/C12H17NO4/c1-3-7-4-8-9(5-7)11(15)13(10(8)14)6(2)12(16)17/h6-9H,3-5H2,1-2H3,(H,16,17). The molecular formula is C12H17NO4. The van der Waals surface area contributed by atoms with Crippen LogP contribution in [0.3, 0.4) is 0 Å². The van der Waals surface area contributed by atoms with Crippen molar-refractivity contribution in [3.63, 3.8) is 0 Å². The third-order valence-electron chi connectivity index (χ3n) is 4.09. The molecule has 0 spiro atoms. The van der Waals surface area contributed by atoms with Gasteiger partial charge in [-0.05, 0) is 25.7 Å². The highest BCUT2D eigenvalue weighted by Crippen LogP contribution is 2.44. The molecular weight excluding hydrogens is 222 g/mol. The highest BCUT2D eigenvalue weighted by Gasteiger charge is 2.54. The van der Waals surface area contributed by atoms with Crippen molar-refractivity contribution in [3.8, 4) is 0 Å². The van der Waals surface area contributed by atoms with Crippen LogP contribution in [0, 0.1) is 17.8 Å². The van der Waals surface area contributed by atoms with E-state index in [-0.39, 0.29) is 23.7 Å². The van der Waals surface area contributed by atoms with E-state index < -0.39 is 12.0 Å². The normalized spacial score (nSPS) is 34.0. The monoisotopic (exact) mass is 239 g/mol. The summed E-state index contributed by atoms with van der Waals surface area (Å²) in [5.74, 6) is -1.81. The summed E-state index contributed by atoms with van der Waals surface area (Å²) in [6.07, 6.45) is 2.44. The van der Waals surface area contributed by atoms with Crippen LogP contribution in [0.2, 0.25) is 0 Å². The fourth-order valence-electron chi connectivity index (χ4n) is 2.98. The predicted octanol–water partition coefficient (Wildman–Crippen LogP) is 0.881. The van der Waals surface area contributed by atoms with Gasteiger partial charge in [0.05, 0.1) is 11.8 Å². The number of carbonyl (C=O) groups excluding carboxylic acids is 2. The summed E-state index contributed by atoms with van der Waals surface area (Å²) in [6, 6.07) is -1.04. The van der Waals surface area contributed by atoms with Crippen molar-refractivity contribution in [1.82, 2.24) is 4.90 Å². The van der Waals surface area contributed by atoms with E-state index in [0.29, 0.717) is 5.92 Å². The van der Waals surface area contributed by atoms with E-state index in [1.54, 1.807) is 0 Å². The second-order valence-electron chi connectivity index (χ2n) is 5.02. The molecule has 17 heavy (non-hydrogen) atoms. The van der Waals surface area contributed by atoms with Gasteiger partial charge in [0.25, 0.3) is 0 Å². The number of amides is 2. The highest BCUT2D eigenvalue weighted by atomic mass is 16.4. The summed E-state index contributed by atoms with van der Waals surface area (Å²) in [5.41, 5.74) is 0. The summed E-state index contributed by atoms with van der Waals surface area (Å²) < 4.78 is 0. The minimum absolute atomic E-state index is 0.269. The fraction of sp³-hybridized carbons (Fsp3) is 0.750. The van der Waals surface area contributed by atoms with E-state index in [9.17, 15) is 14.4 Å². The van der Waals surface area contributed by atoms with Crippen molar-refractivity contribution in [2.45, 2.75) is 39.2 Å². The Morgan fingerprint density at radius 3 is 2.18 bits per heavy atom. The molecule has 1 aliphatic carbocycles. The van der Waals surface area contributed by atoms with E-state index in [1.807, 2.05) is 0 Å². The number of rotatable bonds is 3. The molecule has 2 rings (SSSR count). The maximum Gasteiger partial charge on any atom is 0.326 e. The number of likely N-dealkylation sites (tertiary alicyclic amines) is 1. The minimum Gasteiger partial charge on any atom is -0.480 e. The lowest BCUT2D eigenvalue weighted by molar-refractivity contribution is -0.154. The summed E-state index contributed by atoms with van der Waals surface area (Å²) in [4.78, 5) is 35.9. The van der Waals surface area contributed by atoms with Gasteiger partial charge in [-0.3, -0.25) is 14.5 Å². The van der Waals surface area contributed by atoms with Gasteiger partial charge in [0, 0.05) is 0 Å². The zero-order chi connectivity index (χ0) is 12.7. The van der Waals surface area contributed by atoms with Crippen molar-refractivity contribution in [1.29, 1.82) is 0 Å². The molecule has 1 saturated heterocycles. The number of nitrogens with zero attached hydrogens (tertiary/aromatic N) is 1. The van der Waals surface area contributed by atoms with Crippen LogP contribution in [-0.2, 0) is 14.4 Å². The van der Waals surface area contributed by atoms with Gasteiger partial charge < -0.3 is 5.11 Å². The Balaban J connectivity index is 2.19. The zero-order valence-corrected chi connectivity index (χ0v) is 10.0. The van der Waals surface area contributed by atoms with Gasteiger partial charge in [0.15, 0.2) is 0 Å². The van der Waals surface area contributed by atoms with Crippen molar-refractivity contribution in [2.24, 2.45) is 17.8 Å². The van der Waals surface area contributed by atoms with Gasteiger partial charge >= 0.3 is 5.97 Å². The minimum atomic E-state index is -1.13.